The van der Waals surface area contributed by atoms with E-state index in [4.69, 9.17) is 19.9 Å². The van der Waals surface area contributed by atoms with Crippen LogP contribution in [-0.4, -0.2) is 68.6 Å². The molecule has 1 saturated heterocycles. The third-order valence-electron chi connectivity index (χ3n) is 4.69. The number of benzene rings is 1. The Kier molecular flexibility index (Phi) is 6.95. The fraction of sp³-hybridized carbons (Fsp3) is 0.400. The molecule has 1 aromatic heterocycles. The molecule has 2 N–H and O–H groups in total. The number of hydrogen-bond donors (Lipinski definition) is 1. The number of nitrogens with zero attached hydrogens (tertiary/aromatic N) is 2. The van der Waals surface area contributed by atoms with Gasteiger partial charge in [-0.25, -0.2) is 0 Å². The summed E-state index contributed by atoms with van der Waals surface area (Å²) < 4.78 is 16.1. The number of hydrogen-bond acceptors (Lipinski definition) is 7. The Morgan fingerprint density at radius 3 is 2.28 bits per heavy atom. The van der Waals surface area contributed by atoms with Gasteiger partial charge < -0.3 is 24.8 Å². The van der Waals surface area contributed by atoms with E-state index in [0.717, 1.165) is 19.6 Å². The van der Waals surface area contributed by atoms with Crippen molar-refractivity contribution in [3.63, 3.8) is 0 Å². The van der Waals surface area contributed by atoms with Gasteiger partial charge in [0.05, 0.1) is 14.2 Å². The highest BCUT2D eigenvalue weighted by molar-refractivity contribution is 7.09. The minimum Gasteiger partial charge on any atom is -0.493 e. The summed E-state index contributed by atoms with van der Waals surface area (Å²) >= 11 is 1.74. The van der Waals surface area contributed by atoms with Crippen molar-refractivity contribution in [1.29, 1.82) is 0 Å². The molecule has 2 amide bonds. The molecular weight excluding hydrogens is 394 g/mol. The minimum absolute atomic E-state index is 0.0983. The van der Waals surface area contributed by atoms with Gasteiger partial charge in [0.15, 0.2) is 18.1 Å². The van der Waals surface area contributed by atoms with Crippen molar-refractivity contribution in [2.45, 2.75) is 6.54 Å². The quantitative estimate of drug-likeness (QED) is 0.698. The summed E-state index contributed by atoms with van der Waals surface area (Å²) in [5.41, 5.74) is 5.58. The molecule has 29 heavy (non-hydrogen) atoms. The van der Waals surface area contributed by atoms with Gasteiger partial charge in [-0.2, -0.15) is 0 Å². The van der Waals surface area contributed by atoms with Crippen LogP contribution in [0.1, 0.15) is 15.2 Å². The van der Waals surface area contributed by atoms with E-state index < -0.39 is 5.91 Å². The van der Waals surface area contributed by atoms with Gasteiger partial charge in [-0.1, -0.05) is 6.07 Å². The van der Waals surface area contributed by atoms with Gasteiger partial charge in [-0.3, -0.25) is 14.5 Å². The normalized spacial score (nSPS) is 14.5. The fourth-order valence-corrected chi connectivity index (χ4v) is 3.95. The summed E-state index contributed by atoms with van der Waals surface area (Å²) in [5.74, 6) is 0.148. The van der Waals surface area contributed by atoms with Gasteiger partial charge >= 0.3 is 0 Å². The molecule has 0 bridgehead atoms. The molecule has 1 fully saturated rings. The molecule has 1 aromatic carbocycles. The molecule has 0 unspecified atom stereocenters. The van der Waals surface area contributed by atoms with Crippen molar-refractivity contribution < 1.29 is 23.8 Å². The number of thiophene rings is 1. The lowest BCUT2D eigenvalue weighted by Gasteiger charge is -2.34. The molecular formula is C20H25N3O5S. The maximum atomic E-state index is 13.0. The van der Waals surface area contributed by atoms with Gasteiger partial charge in [-0.05, 0) is 23.6 Å². The smallest absolute Gasteiger partial charge is 0.255 e. The summed E-state index contributed by atoms with van der Waals surface area (Å²) in [4.78, 5) is 29.5. The number of rotatable bonds is 8. The summed E-state index contributed by atoms with van der Waals surface area (Å²) in [6, 6.07) is 7.37. The zero-order valence-corrected chi connectivity index (χ0v) is 17.4. The van der Waals surface area contributed by atoms with Crippen LogP contribution in [0.2, 0.25) is 0 Å². The Bertz CT molecular complexity index is 823. The molecule has 0 atom stereocenters. The maximum absolute atomic E-state index is 13.0. The molecule has 9 heteroatoms. The standard InChI is InChI=1S/C20H25N3O5S/c1-26-16-10-14(11-17(27-2)19(16)28-13-18(21)24)20(25)23-7-5-22(6-8-23)12-15-4-3-9-29-15/h3-4,9-11H,5-8,12-13H2,1-2H3,(H2,21,24). The predicted molar refractivity (Wildman–Crippen MR) is 110 cm³/mol. The first-order chi connectivity index (χ1) is 14.0. The summed E-state index contributed by atoms with van der Waals surface area (Å²) in [6.45, 7) is 3.53. The van der Waals surface area contributed by atoms with Crippen LogP contribution < -0.4 is 19.9 Å². The van der Waals surface area contributed by atoms with E-state index in [0.29, 0.717) is 30.2 Å². The third-order valence-corrected chi connectivity index (χ3v) is 5.55. The lowest BCUT2D eigenvalue weighted by molar-refractivity contribution is -0.120. The molecule has 156 valence electrons. The van der Waals surface area contributed by atoms with Crippen LogP contribution in [0.5, 0.6) is 17.2 Å². The summed E-state index contributed by atoms with van der Waals surface area (Å²) in [5, 5.41) is 2.08. The topological polar surface area (TPSA) is 94.3 Å². The van der Waals surface area contributed by atoms with E-state index >= 15 is 0 Å². The average Bonchev–Trinajstić information content (AvgIpc) is 3.24. The first kappa shape index (κ1) is 20.9. The molecule has 3 rings (SSSR count). The number of carbonyl (C=O) groups is 2. The Morgan fingerprint density at radius 2 is 1.76 bits per heavy atom. The Hall–Kier alpha value is -2.78. The first-order valence-corrected chi connectivity index (χ1v) is 10.1. The predicted octanol–water partition coefficient (Wildman–Crippen LogP) is 1.59. The molecule has 8 nitrogen and oxygen atoms in total. The largest absolute Gasteiger partial charge is 0.493 e. The monoisotopic (exact) mass is 419 g/mol. The van der Waals surface area contributed by atoms with E-state index in [1.807, 2.05) is 4.90 Å². The van der Waals surface area contributed by atoms with Gasteiger partial charge in [-0.15, -0.1) is 11.3 Å². The Balaban J connectivity index is 1.69. The highest BCUT2D eigenvalue weighted by Crippen LogP contribution is 2.39. The molecule has 2 heterocycles. The number of nitrogens with two attached hydrogens (primary N) is 1. The van der Waals surface area contributed by atoms with Crippen molar-refractivity contribution in [2.75, 3.05) is 47.0 Å². The number of piperazine rings is 1. The van der Waals surface area contributed by atoms with E-state index in [1.165, 1.54) is 19.1 Å². The van der Waals surface area contributed by atoms with E-state index in [1.54, 1.807) is 23.5 Å². The van der Waals surface area contributed by atoms with E-state index in [2.05, 4.69) is 22.4 Å². The minimum atomic E-state index is -0.616. The molecule has 0 saturated carbocycles. The lowest BCUT2D eigenvalue weighted by Crippen LogP contribution is -2.48. The van der Waals surface area contributed by atoms with Gasteiger partial charge in [0.2, 0.25) is 5.75 Å². The van der Waals surface area contributed by atoms with Gasteiger partial charge in [0.1, 0.15) is 0 Å². The number of methoxy groups -OCH3 is 2. The second kappa shape index (κ2) is 9.62. The van der Waals surface area contributed by atoms with Crippen LogP contribution in [-0.2, 0) is 11.3 Å². The second-order valence-electron chi connectivity index (χ2n) is 6.61. The van der Waals surface area contributed by atoms with E-state index in [-0.39, 0.29) is 18.3 Å². The van der Waals surface area contributed by atoms with Crippen LogP contribution in [0.4, 0.5) is 0 Å². The maximum Gasteiger partial charge on any atom is 0.255 e. The molecule has 2 aromatic rings. The first-order valence-electron chi connectivity index (χ1n) is 9.23. The zero-order valence-electron chi connectivity index (χ0n) is 16.6. The third kappa shape index (κ3) is 5.18. The molecule has 1 aliphatic heterocycles. The van der Waals surface area contributed by atoms with E-state index in [9.17, 15) is 9.59 Å². The Morgan fingerprint density at radius 1 is 1.10 bits per heavy atom. The SMILES string of the molecule is COc1cc(C(=O)N2CCN(Cc3cccs3)CC2)cc(OC)c1OCC(N)=O. The summed E-state index contributed by atoms with van der Waals surface area (Å²) in [6.07, 6.45) is 0. The van der Waals surface area contributed by atoms with Gasteiger partial charge in [0.25, 0.3) is 11.8 Å². The number of carbonyl (C=O) groups excluding carboxylic acids is 2. The number of ether oxygens (including phenoxy) is 3. The molecule has 0 radical (unpaired) electrons. The number of amides is 2. The van der Waals surface area contributed by atoms with Gasteiger partial charge in [0, 0.05) is 43.2 Å². The van der Waals surface area contributed by atoms with Crippen LogP contribution in [0.15, 0.2) is 29.6 Å². The van der Waals surface area contributed by atoms with Crippen molar-refractivity contribution in [3.8, 4) is 17.2 Å². The Labute approximate surface area is 173 Å². The van der Waals surface area contributed by atoms with Crippen LogP contribution in [0.25, 0.3) is 0 Å². The highest BCUT2D eigenvalue weighted by Gasteiger charge is 2.25. The highest BCUT2D eigenvalue weighted by atomic mass is 32.1. The molecule has 0 aliphatic carbocycles. The van der Waals surface area contributed by atoms with Crippen LogP contribution in [0, 0.1) is 0 Å². The van der Waals surface area contributed by atoms with Crippen LogP contribution in [0.3, 0.4) is 0 Å². The lowest BCUT2D eigenvalue weighted by atomic mass is 10.1. The van der Waals surface area contributed by atoms with Crippen molar-refractivity contribution in [3.05, 3.63) is 40.1 Å². The molecule has 0 spiro atoms. The van der Waals surface area contributed by atoms with Crippen molar-refractivity contribution >= 4 is 23.2 Å². The second-order valence-corrected chi connectivity index (χ2v) is 7.64. The van der Waals surface area contributed by atoms with Crippen LogP contribution >= 0.6 is 11.3 Å². The summed E-state index contributed by atoms with van der Waals surface area (Å²) in [7, 11) is 2.92. The fourth-order valence-electron chi connectivity index (χ4n) is 3.20. The average molecular weight is 420 g/mol. The molecule has 1 aliphatic rings. The zero-order chi connectivity index (χ0) is 20.8. The van der Waals surface area contributed by atoms with Crippen molar-refractivity contribution in [2.24, 2.45) is 5.73 Å². The number of primary amides is 1. The van der Waals surface area contributed by atoms with Crippen molar-refractivity contribution in [1.82, 2.24) is 9.80 Å².